The van der Waals surface area contributed by atoms with E-state index in [2.05, 4.69) is 81.5 Å². The fourth-order valence-electron chi connectivity index (χ4n) is 7.66. The fraction of sp³-hybridized carbons (Fsp3) is 0.776. The minimum Gasteiger partial charge on any atom is -0.462 e. The van der Waals surface area contributed by atoms with E-state index in [9.17, 15) is 14.4 Å². The molecule has 0 amide bonds. The summed E-state index contributed by atoms with van der Waals surface area (Å²) in [5.74, 6) is -0.886. The van der Waals surface area contributed by atoms with E-state index in [1.165, 1.54) is 135 Å². The van der Waals surface area contributed by atoms with Gasteiger partial charge in [-0.2, -0.15) is 0 Å². The van der Waals surface area contributed by atoms with Crippen LogP contribution in [0.5, 0.6) is 0 Å². The third-order valence-corrected chi connectivity index (χ3v) is 11.8. The van der Waals surface area contributed by atoms with Crippen LogP contribution in [0.4, 0.5) is 0 Å². The standard InChI is InChI=1S/C58H102O6/c1-4-7-10-13-16-18-20-22-23-24-25-26-27-28-29-30-31-32-33-34-35-36-38-39-42-45-48-51-57(60)63-54-55(53-62-56(59)50-47-44-41-15-12-9-6-3)64-58(61)52-49-46-43-40-37-21-19-17-14-11-8-5-2/h7,10,16-19,22-23,25-26,55H,4-6,8-9,11-15,20-21,24,27-54H2,1-3H3/b10-7-,18-16-,19-17-,23-22-,26-25-. The highest BCUT2D eigenvalue weighted by atomic mass is 16.6. The summed E-state index contributed by atoms with van der Waals surface area (Å²) in [5.41, 5.74) is 0. The van der Waals surface area contributed by atoms with Crippen LogP contribution in [0, 0.1) is 0 Å². The molecule has 64 heavy (non-hydrogen) atoms. The number of carbonyl (C=O) groups excluding carboxylic acids is 3. The molecule has 0 rings (SSSR count). The van der Waals surface area contributed by atoms with Crippen LogP contribution < -0.4 is 0 Å². The van der Waals surface area contributed by atoms with Gasteiger partial charge in [0.05, 0.1) is 0 Å². The summed E-state index contributed by atoms with van der Waals surface area (Å²) >= 11 is 0. The molecule has 0 aliphatic carbocycles. The van der Waals surface area contributed by atoms with Gasteiger partial charge >= 0.3 is 17.9 Å². The Labute approximate surface area is 396 Å². The van der Waals surface area contributed by atoms with E-state index >= 15 is 0 Å². The quantitative estimate of drug-likeness (QED) is 0.0262. The van der Waals surface area contributed by atoms with E-state index in [1.807, 2.05) is 0 Å². The highest BCUT2D eigenvalue weighted by Gasteiger charge is 2.19. The lowest BCUT2D eigenvalue weighted by Gasteiger charge is -2.18. The molecule has 6 heteroatoms. The van der Waals surface area contributed by atoms with Crippen LogP contribution in [0.15, 0.2) is 60.8 Å². The Hall–Kier alpha value is -2.89. The van der Waals surface area contributed by atoms with Crippen LogP contribution in [-0.2, 0) is 28.6 Å². The molecule has 1 unspecified atom stereocenters. The predicted octanol–water partition coefficient (Wildman–Crippen LogP) is 18.0. The zero-order valence-corrected chi connectivity index (χ0v) is 42.3. The van der Waals surface area contributed by atoms with Gasteiger partial charge in [0.2, 0.25) is 0 Å². The maximum atomic E-state index is 12.7. The summed E-state index contributed by atoms with van der Waals surface area (Å²) in [7, 11) is 0. The molecule has 0 saturated carbocycles. The average Bonchev–Trinajstić information content (AvgIpc) is 3.29. The van der Waals surface area contributed by atoms with Gasteiger partial charge in [-0.1, -0.05) is 229 Å². The van der Waals surface area contributed by atoms with Gasteiger partial charge in [0.25, 0.3) is 0 Å². The van der Waals surface area contributed by atoms with Crippen molar-refractivity contribution in [2.24, 2.45) is 0 Å². The topological polar surface area (TPSA) is 78.9 Å². The number of carbonyl (C=O) groups is 3. The maximum absolute atomic E-state index is 12.7. The number of hydrogen-bond acceptors (Lipinski definition) is 6. The van der Waals surface area contributed by atoms with E-state index in [0.717, 1.165) is 96.3 Å². The normalized spacial score (nSPS) is 12.5. The minimum absolute atomic E-state index is 0.0753. The van der Waals surface area contributed by atoms with Gasteiger partial charge in [-0.3, -0.25) is 14.4 Å². The number of ether oxygens (including phenoxy) is 3. The van der Waals surface area contributed by atoms with Crippen LogP contribution in [0.1, 0.15) is 271 Å². The molecular formula is C58H102O6. The fourth-order valence-corrected chi connectivity index (χ4v) is 7.66. The van der Waals surface area contributed by atoms with Gasteiger partial charge in [0.15, 0.2) is 6.10 Å². The minimum atomic E-state index is -0.773. The molecule has 0 aromatic carbocycles. The first-order chi connectivity index (χ1) is 31.5. The van der Waals surface area contributed by atoms with Gasteiger partial charge in [0.1, 0.15) is 13.2 Å². The largest absolute Gasteiger partial charge is 0.462 e. The Morgan fingerprint density at radius 3 is 1.00 bits per heavy atom. The second-order valence-electron chi connectivity index (χ2n) is 18.1. The van der Waals surface area contributed by atoms with Crippen LogP contribution in [-0.4, -0.2) is 37.2 Å². The Kier molecular flexibility index (Phi) is 50.4. The molecule has 0 spiro atoms. The molecular weight excluding hydrogens is 793 g/mol. The summed E-state index contributed by atoms with van der Waals surface area (Å²) in [6.45, 7) is 6.46. The molecule has 0 fully saturated rings. The molecule has 370 valence electrons. The third-order valence-electron chi connectivity index (χ3n) is 11.8. The molecule has 0 saturated heterocycles. The SMILES string of the molecule is CC/C=C\C/C=C\C/C=C\C/C=C\CCCCCCCCCCCCCCCCC(=O)OCC(COC(=O)CCCCCCCCC)OC(=O)CCCCCCC/C=C\CCCCC. The van der Waals surface area contributed by atoms with Gasteiger partial charge in [0, 0.05) is 19.3 Å². The maximum Gasteiger partial charge on any atom is 0.306 e. The highest BCUT2D eigenvalue weighted by Crippen LogP contribution is 2.16. The van der Waals surface area contributed by atoms with Gasteiger partial charge in [-0.15, -0.1) is 0 Å². The van der Waals surface area contributed by atoms with E-state index in [-0.39, 0.29) is 31.1 Å². The van der Waals surface area contributed by atoms with Crippen LogP contribution in [0.25, 0.3) is 0 Å². The first kappa shape index (κ1) is 61.1. The number of unbranched alkanes of at least 4 members (excludes halogenated alkanes) is 28. The van der Waals surface area contributed by atoms with Crippen molar-refractivity contribution in [1.29, 1.82) is 0 Å². The van der Waals surface area contributed by atoms with Crippen LogP contribution in [0.3, 0.4) is 0 Å². The molecule has 1 atom stereocenters. The predicted molar refractivity (Wildman–Crippen MR) is 275 cm³/mol. The molecule has 0 radical (unpaired) electrons. The van der Waals surface area contributed by atoms with E-state index in [4.69, 9.17) is 14.2 Å². The van der Waals surface area contributed by atoms with Crippen molar-refractivity contribution in [2.75, 3.05) is 13.2 Å². The molecule has 0 N–H and O–H groups in total. The van der Waals surface area contributed by atoms with Crippen LogP contribution >= 0.6 is 0 Å². The summed E-state index contributed by atoms with van der Waals surface area (Å²) in [4.78, 5) is 37.8. The number of allylic oxidation sites excluding steroid dienone is 10. The third kappa shape index (κ3) is 50.1. The molecule has 0 heterocycles. The van der Waals surface area contributed by atoms with E-state index in [0.29, 0.717) is 19.3 Å². The molecule has 0 aliphatic rings. The summed E-state index contributed by atoms with van der Waals surface area (Å²) in [6.07, 6.45) is 65.2. The second kappa shape index (κ2) is 52.7. The van der Waals surface area contributed by atoms with Crippen LogP contribution in [0.2, 0.25) is 0 Å². The van der Waals surface area contributed by atoms with Gasteiger partial charge in [-0.25, -0.2) is 0 Å². The van der Waals surface area contributed by atoms with Crippen molar-refractivity contribution in [3.8, 4) is 0 Å². The first-order valence-electron chi connectivity index (χ1n) is 27.3. The van der Waals surface area contributed by atoms with E-state index < -0.39 is 6.10 Å². The summed E-state index contributed by atoms with van der Waals surface area (Å²) < 4.78 is 16.7. The molecule has 6 nitrogen and oxygen atoms in total. The molecule has 0 aromatic heterocycles. The Bertz CT molecular complexity index is 1170. The number of hydrogen-bond donors (Lipinski definition) is 0. The summed E-state index contributed by atoms with van der Waals surface area (Å²) in [5, 5.41) is 0. The van der Waals surface area contributed by atoms with Crippen molar-refractivity contribution >= 4 is 17.9 Å². The highest BCUT2D eigenvalue weighted by molar-refractivity contribution is 5.71. The van der Waals surface area contributed by atoms with Crippen molar-refractivity contribution in [1.82, 2.24) is 0 Å². The number of rotatable bonds is 49. The van der Waals surface area contributed by atoms with E-state index in [1.54, 1.807) is 0 Å². The van der Waals surface area contributed by atoms with Gasteiger partial charge in [-0.05, 0) is 83.5 Å². The lowest BCUT2D eigenvalue weighted by Crippen LogP contribution is -2.30. The monoisotopic (exact) mass is 895 g/mol. The lowest BCUT2D eigenvalue weighted by molar-refractivity contribution is -0.167. The smallest absolute Gasteiger partial charge is 0.306 e. The molecule has 0 bridgehead atoms. The van der Waals surface area contributed by atoms with Crippen molar-refractivity contribution in [3.63, 3.8) is 0 Å². The van der Waals surface area contributed by atoms with Gasteiger partial charge < -0.3 is 14.2 Å². The zero-order chi connectivity index (χ0) is 46.5. The second-order valence-corrected chi connectivity index (χ2v) is 18.1. The van der Waals surface area contributed by atoms with Crippen molar-refractivity contribution in [3.05, 3.63) is 60.8 Å². The zero-order valence-electron chi connectivity index (χ0n) is 42.3. The van der Waals surface area contributed by atoms with Crippen molar-refractivity contribution in [2.45, 2.75) is 277 Å². The Morgan fingerprint density at radius 1 is 0.328 bits per heavy atom. The molecule has 0 aliphatic heterocycles. The first-order valence-corrected chi connectivity index (χ1v) is 27.3. The lowest BCUT2D eigenvalue weighted by atomic mass is 10.0. The number of esters is 3. The molecule has 0 aromatic rings. The average molecular weight is 895 g/mol. The Balaban J connectivity index is 4.08. The van der Waals surface area contributed by atoms with Crippen molar-refractivity contribution < 1.29 is 28.6 Å². The summed E-state index contributed by atoms with van der Waals surface area (Å²) in [6, 6.07) is 0. The Morgan fingerprint density at radius 2 is 0.609 bits per heavy atom.